The Morgan fingerprint density at radius 1 is 1.62 bits per heavy atom. The number of nitrogens with one attached hydrogen (secondary N) is 1. The molecule has 1 amide bonds. The summed E-state index contributed by atoms with van der Waals surface area (Å²) in [5, 5.41) is 11.2. The Balaban J connectivity index is 3.30. The first-order chi connectivity index (χ1) is 6.20. The second-order valence-corrected chi connectivity index (χ2v) is 3.01. The fraction of sp³-hybridized carbons (Fsp3) is 0.889. The third kappa shape index (κ3) is 7.74. The van der Waals surface area contributed by atoms with Crippen molar-refractivity contribution in [2.24, 2.45) is 0 Å². The van der Waals surface area contributed by atoms with Gasteiger partial charge in [0.25, 0.3) is 0 Å². The molecule has 0 radical (unpaired) electrons. The van der Waals surface area contributed by atoms with E-state index < -0.39 is 0 Å². The highest BCUT2D eigenvalue weighted by Gasteiger charge is 2.04. The number of carbonyl (C=O) groups is 1. The molecule has 0 aromatic carbocycles. The molecule has 0 aliphatic heterocycles. The summed E-state index contributed by atoms with van der Waals surface area (Å²) < 4.78 is 5.01. The predicted octanol–water partition coefficient (Wildman–Crippen LogP) is 0.300. The molecule has 4 nitrogen and oxygen atoms in total. The summed E-state index contributed by atoms with van der Waals surface area (Å²) >= 11 is 0. The molecule has 0 aliphatic carbocycles. The molecule has 0 aromatic heterocycles. The van der Waals surface area contributed by atoms with Gasteiger partial charge in [0.05, 0.1) is 6.10 Å². The highest BCUT2D eigenvalue weighted by molar-refractivity contribution is 5.75. The van der Waals surface area contributed by atoms with E-state index in [0.717, 1.165) is 6.42 Å². The van der Waals surface area contributed by atoms with Gasteiger partial charge < -0.3 is 15.2 Å². The number of ether oxygens (including phenoxy) is 1. The van der Waals surface area contributed by atoms with Gasteiger partial charge in [0, 0.05) is 26.7 Å². The predicted molar refractivity (Wildman–Crippen MR) is 50.4 cm³/mol. The molecule has 0 heterocycles. The van der Waals surface area contributed by atoms with Gasteiger partial charge in [-0.3, -0.25) is 4.79 Å². The lowest BCUT2D eigenvalue weighted by molar-refractivity contribution is -0.121. The SMILES string of the molecule is COC(C)CCC(=O)NCCCO. The highest BCUT2D eigenvalue weighted by atomic mass is 16.5. The van der Waals surface area contributed by atoms with Crippen molar-refractivity contribution in [3.8, 4) is 0 Å². The Hall–Kier alpha value is -0.610. The topological polar surface area (TPSA) is 58.6 Å². The maximum atomic E-state index is 11.1. The van der Waals surface area contributed by atoms with Gasteiger partial charge in [-0.1, -0.05) is 0 Å². The zero-order chi connectivity index (χ0) is 10.1. The third-order valence-corrected chi connectivity index (χ3v) is 1.84. The lowest BCUT2D eigenvalue weighted by Crippen LogP contribution is -2.25. The first-order valence-corrected chi connectivity index (χ1v) is 4.61. The van der Waals surface area contributed by atoms with Crippen molar-refractivity contribution in [2.75, 3.05) is 20.3 Å². The minimum Gasteiger partial charge on any atom is -0.396 e. The smallest absolute Gasteiger partial charge is 0.220 e. The number of aliphatic hydroxyl groups is 1. The van der Waals surface area contributed by atoms with Gasteiger partial charge in [0.1, 0.15) is 0 Å². The fourth-order valence-corrected chi connectivity index (χ4v) is 0.847. The molecule has 13 heavy (non-hydrogen) atoms. The molecule has 0 aromatic rings. The molecule has 0 rings (SSSR count). The van der Waals surface area contributed by atoms with Crippen molar-refractivity contribution < 1.29 is 14.6 Å². The van der Waals surface area contributed by atoms with Crippen molar-refractivity contribution in [3.05, 3.63) is 0 Å². The Kier molecular flexibility index (Phi) is 7.63. The molecule has 0 spiro atoms. The molecule has 1 atom stereocenters. The summed E-state index contributed by atoms with van der Waals surface area (Å²) in [6.45, 7) is 2.60. The lowest BCUT2D eigenvalue weighted by Gasteiger charge is -2.08. The molecule has 0 bridgehead atoms. The van der Waals surface area contributed by atoms with Gasteiger partial charge in [0.15, 0.2) is 0 Å². The Morgan fingerprint density at radius 2 is 2.31 bits per heavy atom. The maximum Gasteiger partial charge on any atom is 0.220 e. The number of hydrogen-bond donors (Lipinski definition) is 2. The zero-order valence-electron chi connectivity index (χ0n) is 8.38. The number of rotatable bonds is 7. The van der Waals surface area contributed by atoms with Crippen LogP contribution in [0.2, 0.25) is 0 Å². The molecular weight excluding hydrogens is 170 g/mol. The van der Waals surface area contributed by atoms with Gasteiger partial charge in [-0.2, -0.15) is 0 Å². The summed E-state index contributed by atoms with van der Waals surface area (Å²) in [4.78, 5) is 11.1. The lowest BCUT2D eigenvalue weighted by atomic mass is 10.2. The highest BCUT2D eigenvalue weighted by Crippen LogP contribution is 1.99. The maximum absolute atomic E-state index is 11.1. The van der Waals surface area contributed by atoms with E-state index >= 15 is 0 Å². The van der Waals surface area contributed by atoms with E-state index in [-0.39, 0.29) is 18.6 Å². The van der Waals surface area contributed by atoms with Crippen molar-refractivity contribution in [1.29, 1.82) is 0 Å². The van der Waals surface area contributed by atoms with Gasteiger partial charge in [-0.05, 0) is 19.8 Å². The van der Waals surface area contributed by atoms with E-state index in [9.17, 15) is 4.79 Å². The van der Waals surface area contributed by atoms with E-state index in [0.29, 0.717) is 19.4 Å². The van der Waals surface area contributed by atoms with Gasteiger partial charge in [-0.25, -0.2) is 0 Å². The van der Waals surface area contributed by atoms with Crippen molar-refractivity contribution in [2.45, 2.75) is 32.3 Å². The van der Waals surface area contributed by atoms with E-state index in [1.807, 2.05) is 6.92 Å². The molecule has 78 valence electrons. The Labute approximate surface area is 79.3 Å². The Morgan fingerprint density at radius 3 is 2.85 bits per heavy atom. The first-order valence-electron chi connectivity index (χ1n) is 4.61. The van der Waals surface area contributed by atoms with E-state index in [1.54, 1.807) is 7.11 Å². The second-order valence-electron chi connectivity index (χ2n) is 3.01. The van der Waals surface area contributed by atoms with E-state index in [4.69, 9.17) is 9.84 Å². The standard InChI is InChI=1S/C9H19NO3/c1-8(13-2)4-5-9(12)10-6-3-7-11/h8,11H,3-7H2,1-2H3,(H,10,12). The van der Waals surface area contributed by atoms with Crippen molar-refractivity contribution in [3.63, 3.8) is 0 Å². The van der Waals surface area contributed by atoms with Crippen LogP contribution >= 0.6 is 0 Å². The second kappa shape index (κ2) is 8.01. The van der Waals surface area contributed by atoms with E-state index in [1.165, 1.54) is 0 Å². The van der Waals surface area contributed by atoms with Crippen LogP contribution < -0.4 is 5.32 Å². The first kappa shape index (κ1) is 12.4. The molecule has 2 N–H and O–H groups in total. The number of carbonyl (C=O) groups excluding carboxylic acids is 1. The monoisotopic (exact) mass is 189 g/mol. The van der Waals surface area contributed by atoms with Crippen LogP contribution in [-0.2, 0) is 9.53 Å². The molecule has 0 aliphatic rings. The van der Waals surface area contributed by atoms with Crippen LogP contribution in [0.25, 0.3) is 0 Å². The number of methoxy groups -OCH3 is 1. The summed E-state index contributed by atoms with van der Waals surface area (Å²) in [7, 11) is 1.63. The van der Waals surface area contributed by atoms with Crippen LogP contribution in [0.3, 0.4) is 0 Å². The van der Waals surface area contributed by atoms with Crippen LogP contribution in [0, 0.1) is 0 Å². The zero-order valence-corrected chi connectivity index (χ0v) is 8.38. The Bertz CT molecular complexity index is 139. The van der Waals surface area contributed by atoms with Crippen molar-refractivity contribution in [1.82, 2.24) is 5.32 Å². The van der Waals surface area contributed by atoms with Crippen LogP contribution in [0.15, 0.2) is 0 Å². The number of amides is 1. The fourth-order valence-electron chi connectivity index (χ4n) is 0.847. The largest absolute Gasteiger partial charge is 0.396 e. The van der Waals surface area contributed by atoms with Gasteiger partial charge in [-0.15, -0.1) is 0 Å². The van der Waals surface area contributed by atoms with Gasteiger partial charge in [0.2, 0.25) is 5.91 Å². The molecule has 0 saturated heterocycles. The summed E-state index contributed by atoms with van der Waals surface area (Å²) in [5.74, 6) is 0.0253. The summed E-state index contributed by atoms with van der Waals surface area (Å²) in [5.41, 5.74) is 0. The molecule has 0 saturated carbocycles. The van der Waals surface area contributed by atoms with Crippen LogP contribution in [0.5, 0.6) is 0 Å². The average Bonchev–Trinajstić information content (AvgIpc) is 2.14. The molecule has 4 heteroatoms. The molecular formula is C9H19NO3. The minimum absolute atomic E-state index is 0.0253. The minimum atomic E-state index is 0.0253. The van der Waals surface area contributed by atoms with Crippen LogP contribution in [-0.4, -0.2) is 37.4 Å². The van der Waals surface area contributed by atoms with Crippen LogP contribution in [0.1, 0.15) is 26.2 Å². The number of hydrogen-bond acceptors (Lipinski definition) is 3. The van der Waals surface area contributed by atoms with E-state index in [2.05, 4.69) is 5.32 Å². The van der Waals surface area contributed by atoms with Crippen molar-refractivity contribution >= 4 is 5.91 Å². The van der Waals surface area contributed by atoms with Gasteiger partial charge >= 0.3 is 0 Å². The number of aliphatic hydroxyl groups excluding tert-OH is 1. The molecule has 1 unspecified atom stereocenters. The van der Waals surface area contributed by atoms with Crippen LogP contribution in [0.4, 0.5) is 0 Å². The summed E-state index contributed by atoms with van der Waals surface area (Å²) in [6.07, 6.45) is 1.97. The third-order valence-electron chi connectivity index (χ3n) is 1.84. The summed E-state index contributed by atoms with van der Waals surface area (Å²) in [6, 6.07) is 0. The normalized spacial score (nSPS) is 12.5. The quantitative estimate of drug-likeness (QED) is 0.566. The molecule has 0 fully saturated rings. The average molecular weight is 189 g/mol.